The first-order valence-electron chi connectivity index (χ1n) is 8.97. The molecule has 3 aromatic rings. The lowest BCUT2D eigenvalue weighted by Gasteiger charge is -2.24. The molecule has 7 heteroatoms. The quantitative estimate of drug-likeness (QED) is 0.613. The van der Waals surface area contributed by atoms with Gasteiger partial charge in [0.1, 0.15) is 6.54 Å². The summed E-state index contributed by atoms with van der Waals surface area (Å²) in [6, 6.07) is 20.1. The number of amides is 1. The number of anilines is 2. The van der Waals surface area contributed by atoms with E-state index in [4.69, 9.17) is 11.6 Å². The highest BCUT2D eigenvalue weighted by atomic mass is 35.5. The van der Waals surface area contributed by atoms with Crippen LogP contribution >= 0.6 is 11.6 Å². The fourth-order valence-electron chi connectivity index (χ4n) is 2.73. The van der Waals surface area contributed by atoms with Gasteiger partial charge in [0.25, 0.3) is 10.0 Å². The van der Waals surface area contributed by atoms with Gasteiger partial charge in [-0.3, -0.25) is 9.10 Å². The molecule has 0 aliphatic heterocycles. The van der Waals surface area contributed by atoms with Crippen molar-refractivity contribution in [1.82, 2.24) is 0 Å². The van der Waals surface area contributed by atoms with Crippen LogP contribution < -0.4 is 9.62 Å². The predicted octanol–water partition coefficient (Wildman–Crippen LogP) is 4.79. The molecular weight excluding hydrogens is 408 g/mol. The molecule has 0 bridgehead atoms. The summed E-state index contributed by atoms with van der Waals surface area (Å²) >= 11 is 5.89. The maximum Gasteiger partial charge on any atom is 0.264 e. The van der Waals surface area contributed by atoms with Gasteiger partial charge in [-0.25, -0.2) is 8.42 Å². The lowest BCUT2D eigenvalue weighted by molar-refractivity contribution is -0.114. The van der Waals surface area contributed by atoms with E-state index >= 15 is 0 Å². The van der Waals surface area contributed by atoms with Crippen LogP contribution in [0.5, 0.6) is 0 Å². The maximum absolute atomic E-state index is 13.3. The Morgan fingerprint density at radius 2 is 1.38 bits per heavy atom. The number of hydrogen-bond acceptors (Lipinski definition) is 3. The number of hydrogen-bond donors (Lipinski definition) is 1. The summed E-state index contributed by atoms with van der Waals surface area (Å²) < 4.78 is 27.6. The van der Waals surface area contributed by atoms with Crippen molar-refractivity contribution in [3.63, 3.8) is 0 Å². The molecule has 1 N–H and O–H groups in total. The highest BCUT2D eigenvalue weighted by Gasteiger charge is 2.27. The zero-order valence-corrected chi connectivity index (χ0v) is 17.7. The number of sulfonamides is 1. The Kier molecular flexibility index (Phi) is 6.25. The van der Waals surface area contributed by atoms with Crippen LogP contribution in [0.3, 0.4) is 0 Å². The molecule has 3 aromatic carbocycles. The number of nitrogens with one attached hydrogen (secondary N) is 1. The molecule has 0 atom stereocenters. The van der Waals surface area contributed by atoms with Crippen molar-refractivity contribution in [2.24, 2.45) is 0 Å². The van der Waals surface area contributed by atoms with E-state index in [1.54, 1.807) is 36.4 Å². The van der Waals surface area contributed by atoms with Gasteiger partial charge >= 0.3 is 0 Å². The Labute approximate surface area is 176 Å². The molecule has 0 spiro atoms. The Balaban J connectivity index is 1.92. The summed E-state index contributed by atoms with van der Waals surface area (Å²) in [7, 11) is -3.96. The number of rotatable bonds is 6. The fourth-order valence-corrected chi connectivity index (χ4v) is 4.27. The van der Waals surface area contributed by atoms with Crippen LogP contribution in [0.15, 0.2) is 77.7 Å². The number of carbonyl (C=O) groups excluding carboxylic acids is 1. The zero-order valence-electron chi connectivity index (χ0n) is 16.1. The first-order chi connectivity index (χ1) is 13.8. The summed E-state index contributed by atoms with van der Waals surface area (Å²) in [6.45, 7) is 3.50. The molecule has 0 aliphatic rings. The minimum atomic E-state index is -3.96. The molecule has 1 amide bonds. The van der Waals surface area contributed by atoms with Crippen LogP contribution in [0.25, 0.3) is 0 Å². The topological polar surface area (TPSA) is 66.5 Å². The molecule has 0 radical (unpaired) electrons. The van der Waals surface area contributed by atoms with Gasteiger partial charge in [-0.05, 0) is 62.4 Å². The van der Waals surface area contributed by atoms with Crippen LogP contribution in [-0.4, -0.2) is 20.9 Å². The SMILES string of the molecule is Cc1ccc(NC(=O)CN(c2ccc(C)cc2)S(=O)(=O)c2ccc(Cl)cc2)cc1. The highest BCUT2D eigenvalue weighted by Crippen LogP contribution is 2.25. The van der Waals surface area contributed by atoms with Crippen LogP contribution in [0.1, 0.15) is 11.1 Å². The summed E-state index contributed by atoms with van der Waals surface area (Å²) in [5.74, 6) is -0.438. The number of benzene rings is 3. The van der Waals surface area contributed by atoms with Gasteiger partial charge in [-0.15, -0.1) is 0 Å². The van der Waals surface area contributed by atoms with Gasteiger partial charge in [0, 0.05) is 10.7 Å². The van der Waals surface area contributed by atoms with E-state index in [-0.39, 0.29) is 11.4 Å². The molecule has 150 valence electrons. The molecule has 0 heterocycles. The molecule has 3 rings (SSSR count). The second-order valence-electron chi connectivity index (χ2n) is 6.72. The molecule has 0 fully saturated rings. The van der Waals surface area contributed by atoms with Crippen molar-refractivity contribution in [1.29, 1.82) is 0 Å². The Hall–Kier alpha value is -2.83. The van der Waals surface area contributed by atoms with Gasteiger partial charge in [0.2, 0.25) is 5.91 Å². The van der Waals surface area contributed by atoms with Crippen molar-refractivity contribution in [3.8, 4) is 0 Å². The van der Waals surface area contributed by atoms with Crippen LogP contribution in [0.2, 0.25) is 5.02 Å². The van der Waals surface area contributed by atoms with Gasteiger partial charge in [0.15, 0.2) is 0 Å². The van der Waals surface area contributed by atoms with Crippen molar-refractivity contribution in [2.45, 2.75) is 18.7 Å². The highest BCUT2D eigenvalue weighted by molar-refractivity contribution is 7.92. The minimum Gasteiger partial charge on any atom is -0.325 e. The molecule has 0 saturated carbocycles. The normalized spacial score (nSPS) is 11.1. The maximum atomic E-state index is 13.3. The third-order valence-corrected chi connectivity index (χ3v) is 6.39. The van der Waals surface area contributed by atoms with Gasteiger partial charge in [-0.2, -0.15) is 0 Å². The second kappa shape index (κ2) is 8.68. The number of carbonyl (C=O) groups is 1. The molecule has 5 nitrogen and oxygen atoms in total. The Morgan fingerprint density at radius 1 is 0.862 bits per heavy atom. The van der Waals surface area contributed by atoms with Crippen LogP contribution in [-0.2, 0) is 14.8 Å². The van der Waals surface area contributed by atoms with Gasteiger partial charge in [-0.1, -0.05) is 47.0 Å². The predicted molar refractivity (Wildman–Crippen MR) is 117 cm³/mol. The monoisotopic (exact) mass is 428 g/mol. The first kappa shape index (κ1) is 20.9. The summed E-state index contributed by atoms with van der Waals surface area (Å²) in [5.41, 5.74) is 3.06. The second-order valence-corrected chi connectivity index (χ2v) is 9.01. The zero-order chi connectivity index (χ0) is 21.0. The van der Waals surface area contributed by atoms with Crippen LogP contribution in [0, 0.1) is 13.8 Å². The largest absolute Gasteiger partial charge is 0.325 e. The average Bonchev–Trinajstić information content (AvgIpc) is 2.69. The first-order valence-corrected chi connectivity index (χ1v) is 10.8. The van der Waals surface area contributed by atoms with E-state index in [0.717, 1.165) is 15.4 Å². The van der Waals surface area contributed by atoms with Gasteiger partial charge in [0.05, 0.1) is 10.6 Å². The molecule has 0 aromatic heterocycles. The lowest BCUT2D eigenvalue weighted by Crippen LogP contribution is -2.38. The summed E-state index contributed by atoms with van der Waals surface area (Å²) in [6.07, 6.45) is 0. The fraction of sp³-hybridized carbons (Fsp3) is 0.136. The average molecular weight is 429 g/mol. The molecule has 0 unspecified atom stereocenters. The number of nitrogens with zero attached hydrogens (tertiary/aromatic N) is 1. The molecule has 0 aliphatic carbocycles. The van der Waals surface area contributed by atoms with E-state index in [9.17, 15) is 13.2 Å². The van der Waals surface area contributed by atoms with Crippen molar-refractivity contribution in [3.05, 3.63) is 88.9 Å². The standard InChI is InChI=1S/C22H21ClN2O3S/c1-16-3-9-19(10-4-16)24-22(26)15-25(20-11-5-17(2)6-12-20)29(27,28)21-13-7-18(23)8-14-21/h3-14H,15H2,1-2H3,(H,24,26). The third kappa shape index (κ3) is 5.16. The van der Waals surface area contributed by atoms with Crippen LogP contribution in [0.4, 0.5) is 11.4 Å². The molecule has 29 heavy (non-hydrogen) atoms. The van der Waals surface area contributed by atoms with Crippen molar-refractivity contribution in [2.75, 3.05) is 16.2 Å². The summed E-state index contributed by atoms with van der Waals surface area (Å²) in [4.78, 5) is 12.7. The molecule has 0 saturated heterocycles. The molecular formula is C22H21ClN2O3S. The Bertz CT molecular complexity index is 1090. The van der Waals surface area contributed by atoms with E-state index in [1.165, 1.54) is 24.3 Å². The van der Waals surface area contributed by atoms with Gasteiger partial charge < -0.3 is 5.32 Å². The van der Waals surface area contributed by atoms with E-state index in [2.05, 4.69) is 5.32 Å². The number of halogens is 1. The minimum absolute atomic E-state index is 0.0608. The van der Waals surface area contributed by atoms with E-state index < -0.39 is 15.9 Å². The van der Waals surface area contributed by atoms with E-state index in [0.29, 0.717) is 16.4 Å². The Morgan fingerprint density at radius 3 is 1.93 bits per heavy atom. The summed E-state index contributed by atoms with van der Waals surface area (Å²) in [5, 5.41) is 3.18. The smallest absolute Gasteiger partial charge is 0.264 e. The number of aryl methyl sites for hydroxylation is 2. The van der Waals surface area contributed by atoms with Crippen molar-refractivity contribution < 1.29 is 13.2 Å². The third-order valence-electron chi connectivity index (χ3n) is 4.35. The van der Waals surface area contributed by atoms with Crippen molar-refractivity contribution >= 4 is 38.9 Å². The van der Waals surface area contributed by atoms with E-state index in [1.807, 2.05) is 26.0 Å². The lowest BCUT2D eigenvalue weighted by atomic mass is 10.2.